The maximum atomic E-state index is 13.6. The number of nitrogens with zero attached hydrogens (tertiary/aromatic N) is 2. The second-order valence-corrected chi connectivity index (χ2v) is 11.5. The van der Waals surface area contributed by atoms with Crippen LogP contribution in [0, 0.1) is 0 Å². The Bertz CT molecular complexity index is 1230. The summed E-state index contributed by atoms with van der Waals surface area (Å²) in [5, 5.41) is 2.99. The van der Waals surface area contributed by atoms with Crippen molar-refractivity contribution in [2.75, 3.05) is 31.0 Å². The van der Waals surface area contributed by atoms with Crippen LogP contribution in [0.15, 0.2) is 42.5 Å². The van der Waals surface area contributed by atoms with E-state index in [1.807, 2.05) is 45.0 Å². The lowest BCUT2D eigenvalue weighted by molar-refractivity contribution is -0.141. The monoisotopic (exact) mass is 561 g/mol. The van der Waals surface area contributed by atoms with Gasteiger partial charge in [-0.2, -0.15) is 0 Å². The first-order valence-electron chi connectivity index (χ1n) is 13.2. The summed E-state index contributed by atoms with van der Waals surface area (Å²) in [4.78, 5) is 28.3. The van der Waals surface area contributed by atoms with E-state index in [1.54, 1.807) is 30.2 Å². The molecule has 1 aliphatic rings. The third-order valence-electron chi connectivity index (χ3n) is 6.70. The van der Waals surface area contributed by atoms with Crippen molar-refractivity contribution in [2.24, 2.45) is 0 Å². The number of benzene rings is 2. The number of ether oxygens (including phenoxy) is 3. The predicted octanol–water partition coefficient (Wildman–Crippen LogP) is 3.69. The minimum atomic E-state index is -3.62. The third kappa shape index (κ3) is 8.01. The van der Waals surface area contributed by atoms with Gasteiger partial charge in [0.2, 0.25) is 28.6 Å². The zero-order valence-electron chi connectivity index (χ0n) is 23.3. The van der Waals surface area contributed by atoms with Gasteiger partial charge in [-0.05, 0) is 56.0 Å². The lowest BCUT2D eigenvalue weighted by Crippen LogP contribution is -2.50. The second kappa shape index (κ2) is 13.5. The summed E-state index contributed by atoms with van der Waals surface area (Å²) < 4.78 is 42.4. The van der Waals surface area contributed by atoms with E-state index in [0.29, 0.717) is 29.4 Å². The molecule has 0 spiro atoms. The third-order valence-corrected chi connectivity index (χ3v) is 7.89. The van der Waals surface area contributed by atoms with Crippen molar-refractivity contribution in [3.05, 3.63) is 48.0 Å². The van der Waals surface area contributed by atoms with Gasteiger partial charge >= 0.3 is 0 Å². The van der Waals surface area contributed by atoms with Crippen LogP contribution in [0.3, 0.4) is 0 Å². The van der Waals surface area contributed by atoms with E-state index in [1.165, 1.54) is 4.31 Å². The molecule has 0 fully saturated rings. The Balaban J connectivity index is 1.77. The van der Waals surface area contributed by atoms with Gasteiger partial charge in [0.1, 0.15) is 11.8 Å². The fraction of sp³-hybridized carbons (Fsp3) is 0.500. The molecule has 0 unspecified atom stereocenters. The van der Waals surface area contributed by atoms with E-state index in [-0.39, 0.29) is 50.6 Å². The molecule has 0 radical (unpaired) electrons. The molecule has 0 aliphatic carbocycles. The molecule has 0 aromatic heterocycles. The number of fused-ring (bicyclic) bond motifs is 1. The van der Waals surface area contributed by atoms with Gasteiger partial charge in [-0.15, -0.1) is 0 Å². The molecule has 214 valence electrons. The fourth-order valence-electron chi connectivity index (χ4n) is 4.33. The standard InChI is InChI=1S/C28H39N3O7S/c1-6-20(3)29-28(33)24(7-2)30(18-21-10-13-23(36-4)14-11-21)27(32)9-8-16-31(39(5,34)35)22-12-15-25-26(17-22)38-19-37-25/h10-15,17,20,24H,6-9,16,18-19H2,1-5H3,(H,29,33)/t20-,24-/m1/s1. The number of hydrogen-bond acceptors (Lipinski definition) is 7. The highest BCUT2D eigenvalue weighted by Gasteiger charge is 2.29. The molecule has 2 aromatic rings. The second-order valence-electron chi connectivity index (χ2n) is 9.59. The van der Waals surface area contributed by atoms with Crippen LogP contribution in [0.2, 0.25) is 0 Å². The smallest absolute Gasteiger partial charge is 0.243 e. The van der Waals surface area contributed by atoms with Gasteiger partial charge < -0.3 is 24.4 Å². The van der Waals surface area contributed by atoms with Crippen molar-refractivity contribution < 1.29 is 32.2 Å². The highest BCUT2D eigenvalue weighted by atomic mass is 32.2. The summed E-state index contributed by atoms with van der Waals surface area (Å²) in [6.07, 6.45) is 2.68. The first-order chi connectivity index (χ1) is 18.6. The Hall–Kier alpha value is -3.47. The lowest BCUT2D eigenvalue weighted by Gasteiger charge is -2.32. The molecule has 0 saturated carbocycles. The Labute approximate surface area is 231 Å². The summed E-state index contributed by atoms with van der Waals surface area (Å²) >= 11 is 0. The van der Waals surface area contributed by atoms with Gasteiger partial charge in [0.05, 0.1) is 19.1 Å². The Kier molecular flexibility index (Phi) is 10.4. The van der Waals surface area contributed by atoms with E-state index in [2.05, 4.69) is 5.32 Å². The zero-order valence-corrected chi connectivity index (χ0v) is 24.1. The molecule has 1 N–H and O–H groups in total. The van der Waals surface area contributed by atoms with Crippen molar-refractivity contribution in [2.45, 2.75) is 65.1 Å². The molecule has 0 bridgehead atoms. The number of nitrogens with one attached hydrogen (secondary N) is 1. The number of rotatable bonds is 14. The van der Waals surface area contributed by atoms with E-state index >= 15 is 0 Å². The minimum absolute atomic E-state index is 0.0190. The number of amides is 2. The van der Waals surface area contributed by atoms with Crippen LogP contribution in [-0.4, -0.2) is 63.9 Å². The molecule has 39 heavy (non-hydrogen) atoms. The molecule has 11 heteroatoms. The number of methoxy groups -OCH3 is 1. The van der Waals surface area contributed by atoms with Gasteiger partial charge in [0, 0.05) is 31.6 Å². The highest BCUT2D eigenvalue weighted by Crippen LogP contribution is 2.36. The van der Waals surface area contributed by atoms with Crippen LogP contribution < -0.4 is 23.8 Å². The number of sulfonamides is 1. The average Bonchev–Trinajstić information content (AvgIpc) is 3.38. The van der Waals surface area contributed by atoms with Crippen LogP contribution in [0.4, 0.5) is 5.69 Å². The molecule has 3 rings (SSSR count). The summed E-state index contributed by atoms with van der Waals surface area (Å²) in [6.45, 7) is 6.21. The van der Waals surface area contributed by atoms with E-state index in [4.69, 9.17) is 14.2 Å². The topological polar surface area (TPSA) is 114 Å². The Morgan fingerprint density at radius 2 is 1.74 bits per heavy atom. The molecule has 1 aliphatic heterocycles. The van der Waals surface area contributed by atoms with Crippen LogP contribution in [0.25, 0.3) is 0 Å². The number of hydrogen-bond donors (Lipinski definition) is 1. The number of carbonyl (C=O) groups is 2. The van der Waals surface area contributed by atoms with Gasteiger partial charge in [-0.1, -0.05) is 26.0 Å². The van der Waals surface area contributed by atoms with Crippen molar-refractivity contribution >= 4 is 27.5 Å². The first-order valence-corrected chi connectivity index (χ1v) is 15.0. The molecule has 2 aromatic carbocycles. The molecular formula is C28H39N3O7S. The SMILES string of the molecule is CC[C@@H](C)NC(=O)[C@@H](CC)N(Cc1ccc(OC)cc1)C(=O)CCCN(c1ccc2c(c1)OCO2)S(C)(=O)=O. The van der Waals surface area contributed by atoms with E-state index in [9.17, 15) is 18.0 Å². The summed E-state index contributed by atoms with van der Waals surface area (Å²) in [6, 6.07) is 11.6. The Morgan fingerprint density at radius 3 is 2.36 bits per heavy atom. The fourth-order valence-corrected chi connectivity index (χ4v) is 5.29. The first kappa shape index (κ1) is 30.1. The minimum Gasteiger partial charge on any atom is -0.497 e. The summed E-state index contributed by atoms with van der Waals surface area (Å²) in [5.41, 5.74) is 1.29. The van der Waals surface area contributed by atoms with Crippen molar-refractivity contribution in [3.8, 4) is 17.2 Å². The lowest BCUT2D eigenvalue weighted by atomic mass is 10.1. The van der Waals surface area contributed by atoms with E-state index in [0.717, 1.165) is 18.2 Å². The molecule has 1 heterocycles. The molecule has 2 amide bonds. The van der Waals surface area contributed by atoms with Gasteiger partial charge in [0.15, 0.2) is 11.5 Å². The summed E-state index contributed by atoms with van der Waals surface area (Å²) in [5.74, 6) is 1.30. The predicted molar refractivity (Wildman–Crippen MR) is 150 cm³/mol. The average molecular weight is 562 g/mol. The van der Waals surface area contributed by atoms with Crippen molar-refractivity contribution in [1.29, 1.82) is 0 Å². The van der Waals surface area contributed by atoms with Gasteiger partial charge in [0.25, 0.3) is 0 Å². The molecule has 2 atom stereocenters. The summed E-state index contributed by atoms with van der Waals surface area (Å²) in [7, 11) is -2.04. The van der Waals surface area contributed by atoms with Crippen molar-refractivity contribution in [3.63, 3.8) is 0 Å². The van der Waals surface area contributed by atoms with Crippen LogP contribution in [0.5, 0.6) is 17.2 Å². The Morgan fingerprint density at radius 1 is 1.05 bits per heavy atom. The zero-order chi connectivity index (χ0) is 28.6. The van der Waals surface area contributed by atoms with Crippen LogP contribution >= 0.6 is 0 Å². The normalized spacial score (nSPS) is 13.9. The number of carbonyl (C=O) groups excluding carboxylic acids is 2. The largest absolute Gasteiger partial charge is 0.497 e. The van der Waals surface area contributed by atoms with Gasteiger partial charge in [-0.25, -0.2) is 8.42 Å². The van der Waals surface area contributed by atoms with Crippen molar-refractivity contribution in [1.82, 2.24) is 10.2 Å². The van der Waals surface area contributed by atoms with Crippen LogP contribution in [0.1, 0.15) is 52.0 Å². The van der Waals surface area contributed by atoms with E-state index < -0.39 is 16.1 Å². The molecular weight excluding hydrogens is 522 g/mol. The van der Waals surface area contributed by atoms with Gasteiger partial charge in [-0.3, -0.25) is 13.9 Å². The maximum Gasteiger partial charge on any atom is 0.243 e. The quantitative estimate of drug-likeness (QED) is 0.374. The number of anilines is 1. The molecule has 0 saturated heterocycles. The molecule has 10 nitrogen and oxygen atoms in total. The highest BCUT2D eigenvalue weighted by molar-refractivity contribution is 7.92. The maximum absolute atomic E-state index is 13.6. The van der Waals surface area contributed by atoms with Crippen LogP contribution in [-0.2, 0) is 26.2 Å².